The summed E-state index contributed by atoms with van der Waals surface area (Å²) in [4.78, 5) is 2.52. The second-order valence-electron chi connectivity index (χ2n) is 15.0. The second-order valence-corrected chi connectivity index (χ2v) is 16.0. The molecular formula is C47H39NS. The molecule has 238 valence electrons. The lowest BCUT2D eigenvalue weighted by Crippen LogP contribution is -2.16. The molecular weight excluding hydrogens is 611 g/mol. The molecule has 1 aromatic heterocycles. The topological polar surface area (TPSA) is 3.24 Å². The van der Waals surface area contributed by atoms with Gasteiger partial charge < -0.3 is 4.90 Å². The maximum absolute atomic E-state index is 2.52. The molecule has 49 heavy (non-hydrogen) atoms. The molecule has 0 unspecified atom stereocenters. The summed E-state index contributed by atoms with van der Waals surface area (Å²) in [5.41, 5.74) is 12.9. The lowest BCUT2D eigenvalue weighted by Gasteiger charge is -2.29. The Bertz CT molecular complexity index is 2540. The van der Waals surface area contributed by atoms with Gasteiger partial charge in [-0.3, -0.25) is 0 Å². The van der Waals surface area contributed by atoms with E-state index in [0.717, 1.165) is 5.69 Å². The highest BCUT2D eigenvalue weighted by molar-refractivity contribution is 7.27. The Kier molecular flexibility index (Phi) is 6.67. The third-order valence-corrected chi connectivity index (χ3v) is 11.9. The van der Waals surface area contributed by atoms with Crippen LogP contribution < -0.4 is 4.90 Å². The first-order chi connectivity index (χ1) is 23.7. The third-order valence-electron chi connectivity index (χ3n) is 10.6. The number of hydrogen-bond acceptors (Lipinski definition) is 2. The van der Waals surface area contributed by atoms with Crippen molar-refractivity contribution < 1.29 is 0 Å². The van der Waals surface area contributed by atoms with E-state index in [1.807, 2.05) is 11.3 Å². The van der Waals surface area contributed by atoms with Crippen molar-refractivity contribution in [3.8, 4) is 22.3 Å². The molecule has 0 amide bonds. The van der Waals surface area contributed by atoms with Crippen molar-refractivity contribution in [2.75, 3.05) is 4.90 Å². The predicted molar refractivity (Wildman–Crippen MR) is 213 cm³/mol. The van der Waals surface area contributed by atoms with E-state index >= 15 is 0 Å². The first-order valence-electron chi connectivity index (χ1n) is 17.3. The molecule has 0 N–H and O–H groups in total. The van der Waals surface area contributed by atoms with Gasteiger partial charge in [-0.05, 0) is 73.8 Å². The molecule has 1 nitrogen and oxygen atoms in total. The van der Waals surface area contributed by atoms with Gasteiger partial charge in [0.05, 0.1) is 16.1 Å². The minimum absolute atomic E-state index is 0.0841. The van der Waals surface area contributed by atoms with Crippen LogP contribution in [0.25, 0.3) is 53.2 Å². The Morgan fingerprint density at radius 1 is 0.510 bits per heavy atom. The fraction of sp³-hybridized carbons (Fsp3) is 0.149. The van der Waals surface area contributed by atoms with Crippen LogP contribution in [0, 0.1) is 0 Å². The fourth-order valence-electron chi connectivity index (χ4n) is 7.98. The SMILES string of the molecule is CC(C)(C)c1ccc(-c2ccc(N(c3cccc4c3-c3ccccc3C4(C)C)c3cccc4c3sc3c5ccccc5ccc43)cc2)cc1. The number of rotatable bonds is 4. The summed E-state index contributed by atoms with van der Waals surface area (Å²) in [5, 5.41) is 5.22. The van der Waals surface area contributed by atoms with E-state index < -0.39 is 0 Å². The van der Waals surface area contributed by atoms with Gasteiger partial charge in [0.15, 0.2) is 0 Å². The van der Waals surface area contributed by atoms with E-state index in [4.69, 9.17) is 0 Å². The highest BCUT2D eigenvalue weighted by Gasteiger charge is 2.38. The van der Waals surface area contributed by atoms with E-state index in [9.17, 15) is 0 Å². The third kappa shape index (κ3) is 4.65. The van der Waals surface area contributed by atoms with Gasteiger partial charge in [0.2, 0.25) is 0 Å². The molecule has 0 fully saturated rings. The van der Waals surface area contributed by atoms with Crippen molar-refractivity contribution in [3.05, 3.63) is 162 Å². The van der Waals surface area contributed by atoms with Gasteiger partial charge in [0.1, 0.15) is 0 Å². The van der Waals surface area contributed by atoms with Gasteiger partial charge in [0, 0.05) is 32.1 Å². The zero-order valence-electron chi connectivity index (χ0n) is 28.7. The zero-order chi connectivity index (χ0) is 33.5. The molecule has 0 atom stereocenters. The van der Waals surface area contributed by atoms with Gasteiger partial charge in [-0.25, -0.2) is 0 Å². The Morgan fingerprint density at radius 2 is 1.12 bits per heavy atom. The monoisotopic (exact) mass is 649 g/mol. The number of anilines is 3. The first-order valence-corrected chi connectivity index (χ1v) is 18.1. The smallest absolute Gasteiger partial charge is 0.0640 e. The first kappa shape index (κ1) is 29.9. The average Bonchev–Trinajstić information content (AvgIpc) is 3.62. The molecule has 8 aromatic rings. The summed E-state index contributed by atoms with van der Waals surface area (Å²) in [6.45, 7) is 11.5. The Morgan fingerprint density at radius 3 is 1.90 bits per heavy atom. The highest BCUT2D eigenvalue weighted by Crippen LogP contribution is 2.55. The van der Waals surface area contributed by atoms with E-state index in [1.54, 1.807) is 0 Å². The van der Waals surface area contributed by atoms with Crippen molar-refractivity contribution in [1.29, 1.82) is 0 Å². The van der Waals surface area contributed by atoms with E-state index in [0.29, 0.717) is 0 Å². The van der Waals surface area contributed by atoms with E-state index in [1.165, 1.54) is 81.3 Å². The van der Waals surface area contributed by atoms with Gasteiger partial charge in [-0.15, -0.1) is 11.3 Å². The standard InChI is InChI=1S/C47H39NS/c1-46(2,3)33-25-20-30(21-26-33)31-22-27-34(28-23-31)48(41-18-11-17-40-43(41)38-14-8-9-16-39(38)47(40,4)5)42-19-10-15-36-37-29-24-32-12-6-7-13-35(32)44(37)49-45(36)42/h6-29H,1-5H3. The van der Waals surface area contributed by atoms with Crippen LogP contribution in [0.3, 0.4) is 0 Å². The summed E-state index contributed by atoms with van der Waals surface area (Å²) >= 11 is 1.92. The Labute approximate surface area is 293 Å². The molecule has 1 aliphatic carbocycles. The van der Waals surface area contributed by atoms with Crippen LogP contribution in [0.2, 0.25) is 0 Å². The molecule has 1 aliphatic rings. The fourth-order valence-corrected chi connectivity index (χ4v) is 9.32. The van der Waals surface area contributed by atoms with Crippen LogP contribution in [0.4, 0.5) is 17.1 Å². The number of benzene rings is 7. The molecule has 0 aliphatic heterocycles. The molecule has 7 aromatic carbocycles. The van der Waals surface area contributed by atoms with Crippen LogP contribution in [0.15, 0.2) is 146 Å². The van der Waals surface area contributed by atoms with Crippen LogP contribution in [-0.2, 0) is 10.8 Å². The zero-order valence-corrected chi connectivity index (χ0v) is 29.5. The largest absolute Gasteiger partial charge is 0.308 e. The van der Waals surface area contributed by atoms with Crippen molar-refractivity contribution in [2.24, 2.45) is 0 Å². The Hall–Kier alpha value is -5.18. The number of nitrogens with zero attached hydrogens (tertiary/aromatic N) is 1. The summed E-state index contributed by atoms with van der Waals surface area (Å²) < 4.78 is 2.65. The molecule has 1 heterocycles. The summed E-state index contributed by atoms with van der Waals surface area (Å²) in [7, 11) is 0. The van der Waals surface area contributed by atoms with Gasteiger partial charge in [-0.1, -0.05) is 156 Å². The second kappa shape index (κ2) is 10.9. The summed E-state index contributed by atoms with van der Waals surface area (Å²) in [6.07, 6.45) is 0. The van der Waals surface area contributed by atoms with E-state index in [2.05, 4.69) is 185 Å². The number of hydrogen-bond donors (Lipinski definition) is 0. The van der Waals surface area contributed by atoms with Gasteiger partial charge in [-0.2, -0.15) is 0 Å². The minimum Gasteiger partial charge on any atom is -0.308 e. The lowest BCUT2D eigenvalue weighted by molar-refractivity contribution is 0.590. The molecule has 9 rings (SSSR count). The van der Waals surface area contributed by atoms with Crippen LogP contribution in [0.5, 0.6) is 0 Å². The normalized spacial score (nSPS) is 13.6. The van der Waals surface area contributed by atoms with Crippen molar-refractivity contribution in [3.63, 3.8) is 0 Å². The minimum atomic E-state index is -0.0841. The summed E-state index contributed by atoms with van der Waals surface area (Å²) in [6, 6.07) is 54.3. The van der Waals surface area contributed by atoms with E-state index in [-0.39, 0.29) is 10.8 Å². The Balaban J connectivity index is 1.28. The molecule has 0 radical (unpaired) electrons. The summed E-state index contributed by atoms with van der Waals surface area (Å²) in [5.74, 6) is 0. The van der Waals surface area contributed by atoms with Crippen molar-refractivity contribution >= 4 is 59.3 Å². The van der Waals surface area contributed by atoms with Crippen molar-refractivity contribution in [2.45, 2.75) is 45.4 Å². The lowest BCUT2D eigenvalue weighted by atomic mass is 9.82. The molecule has 2 heteroatoms. The predicted octanol–water partition coefficient (Wildman–Crippen LogP) is 13.9. The molecule has 0 saturated heterocycles. The number of fused-ring (bicyclic) bond motifs is 8. The van der Waals surface area contributed by atoms with Crippen LogP contribution in [0.1, 0.15) is 51.3 Å². The highest BCUT2D eigenvalue weighted by atomic mass is 32.1. The molecule has 0 saturated carbocycles. The van der Waals surface area contributed by atoms with Crippen LogP contribution in [-0.4, -0.2) is 0 Å². The number of thiophene rings is 1. The van der Waals surface area contributed by atoms with Gasteiger partial charge >= 0.3 is 0 Å². The molecule has 0 spiro atoms. The maximum Gasteiger partial charge on any atom is 0.0640 e. The molecule has 0 bridgehead atoms. The maximum atomic E-state index is 2.52. The van der Waals surface area contributed by atoms with Gasteiger partial charge in [0.25, 0.3) is 0 Å². The van der Waals surface area contributed by atoms with Crippen LogP contribution >= 0.6 is 11.3 Å². The average molecular weight is 650 g/mol. The van der Waals surface area contributed by atoms with Crippen molar-refractivity contribution in [1.82, 2.24) is 0 Å². The quantitative estimate of drug-likeness (QED) is 0.183.